The minimum Gasteiger partial charge on any atom is -0.478 e. The number of carboxylic acid groups (broad SMARTS) is 2. The Morgan fingerprint density at radius 2 is 1.04 bits per heavy atom. The van der Waals surface area contributed by atoms with Gasteiger partial charge in [0.1, 0.15) is 0 Å². The molecule has 2 aromatic carbocycles. The molecule has 0 atom stereocenters. The molecule has 0 saturated carbocycles. The minimum atomic E-state index is -1.24. The van der Waals surface area contributed by atoms with Crippen molar-refractivity contribution in [2.45, 2.75) is 13.8 Å². The van der Waals surface area contributed by atoms with Crippen LogP contribution in [0.3, 0.4) is 0 Å². The lowest BCUT2D eigenvalue weighted by Crippen LogP contribution is -2.11. The fraction of sp³-hybridized carbons (Fsp3) is 0.0909. The molecule has 0 aliphatic heterocycles. The number of thiophene rings is 2. The van der Waals surface area contributed by atoms with Crippen LogP contribution in [0.5, 0.6) is 0 Å². The van der Waals surface area contributed by atoms with E-state index in [0.717, 1.165) is 29.9 Å². The summed E-state index contributed by atoms with van der Waals surface area (Å²) in [5, 5.41) is 21.7. The zero-order chi connectivity index (χ0) is 20.0. The van der Waals surface area contributed by atoms with E-state index < -0.39 is 11.9 Å². The third kappa shape index (κ3) is 2.82. The number of aliphatic carboxylic acids is 2. The molecule has 6 heteroatoms. The third-order valence-corrected chi connectivity index (χ3v) is 6.89. The summed E-state index contributed by atoms with van der Waals surface area (Å²) in [6.45, 7) is 3.67. The predicted molar refractivity (Wildman–Crippen MR) is 115 cm³/mol. The van der Waals surface area contributed by atoms with Crippen LogP contribution in [0.15, 0.2) is 48.5 Å². The highest BCUT2D eigenvalue weighted by Gasteiger charge is 2.30. The van der Waals surface area contributed by atoms with Crippen LogP contribution < -0.4 is 0 Å². The number of carboxylic acids is 2. The van der Waals surface area contributed by atoms with Gasteiger partial charge in [0.15, 0.2) is 0 Å². The highest BCUT2D eigenvalue weighted by molar-refractivity contribution is 7.19. The molecule has 0 aliphatic carbocycles. The second kappa shape index (κ2) is 6.89. The highest BCUT2D eigenvalue weighted by Crippen LogP contribution is 2.42. The molecule has 0 unspecified atom stereocenters. The molecule has 4 rings (SSSR count). The molecule has 2 heterocycles. The molecule has 2 aromatic heterocycles. The van der Waals surface area contributed by atoms with E-state index in [1.54, 1.807) is 0 Å². The normalized spacial score (nSPS) is 12.4. The molecule has 4 nitrogen and oxygen atoms in total. The summed E-state index contributed by atoms with van der Waals surface area (Å²) in [5.41, 5.74) is 0.656. The summed E-state index contributed by atoms with van der Waals surface area (Å²) in [4.78, 5) is 26.3. The lowest BCUT2D eigenvalue weighted by atomic mass is 9.91. The van der Waals surface area contributed by atoms with Crippen LogP contribution in [-0.2, 0) is 9.59 Å². The summed E-state index contributed by atoms with van der Waals surface area (Å²) in [6, 6.07) is 15.0. The molecule has 0 bridgehead atoms. The van der Waals surface area contributed by atoms with E-state index in [0.29, 0.717) is 11.1 Å². The van der Waals surface area contributed by atoms with Crippen LogP contribution in [0, 0.1) is 13.8 Å². The van der Waals surface area contributed by atoms with Gasteiger partial charge in [-0.2, -0.15) is 0 Å². The van der Waals surface area contributed by atoms with Gasteiger partial charge < -0.3 is 10.2 Å². The lowest BCUT2D eigenvalue weighted by Gasteiger charge is -2.11. The molecule has 2 N–H and O–H groups in total. The van der Waals surface area contributed by atoms with Crippen molar-refractivity contribution in [2.24, 2.45) is 0 Å². The van der Waals surface area contributed by atoms with Crippen molar-refractivity contribution < 1.29 is 19.8 Å². The van der Waals surface area contributed by atoms with Crippen molar-refractivity contribution in [3.63, 3.8) is 0 Å². The number of carbonyl (C=O) groups is 2. The fourth-order valence-corrected chi connectivity index (χ4v) is 5.78. The molecule has 28 heavy (non-hydrogen) atoms. The molecule has 4 aromatic rings. The van der Waals surface area contributed by atoms with Gasteiger partial charge in [0, 0.05) is 41.1 Å². The first kappa shape index (κ1) is 18.4. The predicted octanol–water partition coefficient (Wildman–Crippen LogP) is 5.81. The van der Waals surface area contributed by atoms with E-state index >= 15 is 0 Å². The number of benzene rings is 2. The third-order valence-electron chi connectivity index (χ3n) is 4.72. The van der Waals surface area contributed by atoms with Gasteiger partial charge in [-0.3, -0.25) is 0 Å². The van der Waals surface area contributed by atoms with Crippen LogP contribution in [0.1, 0.15) is 20.9 Å². The number of hydrogen-bond donors (Lipinski definition) is 2. The van der Waals surface area contributed by atoms with Crippen LogP contribution in [-0.4, -0.2) is 22.2 Å². The Kier molecular flexibility index (Phi) is 4.53. The van der Waals surface area contributed by atoms with Gasteiger partial charge in [0.25, 0.3) is 0 Å². The van der Waals surface area contributed by atoms with E-state index in [4.69, 9.17) is 0 Å². The fourth-order valence-electron chi connectivity index (χ4n) is 3.63. The first-order valence-corrected chi connectivity index (χ1v) is 10.2. The Morgan fingerprint density at radius 3 is 1.39 bits per heavy atom. The molecule has 0 fully saturated rings. The Bertz CT molecular complexity index is 1190. The van der Waals surface area contributed by atoms with Crippen LogP contribution in [0.25, 0.3) is 31.3 Å². The quantitative estimate of drug-likeness (QED) is 0.418. The number of aryl methyl sites for hydroxylation is 2. The molecule has 0 spiro atoms. The van der Waals surface area contributed by atoms with Crippen LogP contribution >= 0.6 is 22.7 Å². The van der Waals surface area contributed by atoms with E-state index in [-0.39, 0.29) is 11.1 Å². The summed E-state index contributed by atoms with van der Waals surface area (Å²) >= 11 is 2.94. The minimum absolute atomic E-state index is 0.158. The smallest absolute Gasteiger partial charge is 0.337 e. The standard InChI is InChI=1S/C22H16O4S2/c1-11-17(13-7-3-5-9-15(13)27-11)19(21(23)24)20(22(25)26)18-12(2)28-16-10-6-4-8-14(16)18/h3-10H,1-2H3,(H,23,24)(H,25,26)/b20-19-. The van der Waals surface area contributed by atoms with Gasteiger partial charge in [-0.05, 0) is 26.0 Å². The van der Waals surface area contributed by atoms with Gasteiger partial charge in [0.2, 0.25) is 0 Å². The van der Waals surface area contributed by atoms with Gasteiger partial charge in [0.05, 0.1) is 11.1 Å². The topological polar surface area (TPSA) is 74.6 Å². The Morgan fingerprint density at radius 1 is 0.679 bits per heavy atom. The first-order chi connectivity index (χ1) is 13.4. The van der Waals surface area contributed by atoms with Gasteiger partial charge in [-0.25, -0.2) is 9.59 Å². The summed E-state index contributed by atoms with van der Waals surface area (Å²) < 4.78 is 1.87. The second-order valence-corrected chi connectivity index (χ2v) is 8.93. The van der Waals surface area contributed by atoms with Crippen LogP contribution in [0.2, 0.25) is 0 Å². The zero-order valence-corrected chi connectivity index (χ0v) is 16.8. The van der Waals surface area contributed by atoms with E-state index in [1.165, 1.54) is 22.7 Å². The van der Waals surface area contributed by atoms with E-state index in [1.807, 2.05) is 62.4 Å². The molecule has 0 aliphatic rings. The van der Waals surface area contributed by atoms with E-state index in [9.17, 15) is 19.8 Å². The van der Waals surface area contributed by atoms with Crippen LogP contribution in [0.4, 0.5) is 0 Å². The Hall–Kier alpha value is -2.96. The number of fused-ring (bicyclic) bond motifs is 2. The molecular weight excluding hydrogens is 392 g/mol. The largest absolute Gasteiger partial charge is 0.478 e. The van der Waals surface area contributed by atoms with Crippen molar-refractivity contribution in [3.05, 3.63) is 69.4 Å². The average molecular weight is 409 g/mol. The molecule has 140 valence electrons. The number of rotatable bonds is 4. The van der Waals surface area contributed by atoms with Gasteiger partial charge >= 0.3 is 11.9 Å². The highest BCUT2D eigenvalue weighted by atomic mass is 32.1. The maximum Gasteiger partial charge on any atom is 0.337 e. The molecule has 0 amide bonds. The Balaban J connectivity index is 2.18. The summed E-state index contributed by atoms with van der Waals surface area (Å²) in [6.07, 6.45) is 0. The zero-order valence-electron chi connectivity index (χ0n) is 15.1. The molecule has 0 saturated heterocycles. The average Bonchev–Trinajstić information content (AvgIpc) is 3.15. The van der Waals surface area contributed by atoms with Crippen molar-refractivity contribution in [1.29, 1.82) is 0 Å². The lowest BCUT2D eigenvalue weighted by molar-refractivity contribution is -0.132. The van der Waals surface area contributed by atoms with Crippen molar-refractivity contribution in [3.8, 4) is 0 Å². The van der Waals surface area contributed by atoms with Gasteiger partial charge in [-0.15, -0.1) is 22.7 Å². The molecule has 0 radical (unpaired) electrons. The van der Waals surface area contributed by atoms with Gasteiger partial charge in [-0.1, -0.05) is 36.4 Å². The van der Waals surface area contributed by atoms with Crippen molar-refractivity contribution in [2.75, 3.05) is 0 Å². The summed E-state index contributed by atoms with van der Waals surface area (Å²) in [5.74, 6) is -2.47. The Labute approximate surface area is 169 Å². The number of hydrogen-bond acceptors (Lipinski definition) is 4. The van der Waals surface area contributed by atoms with Crippen molar-refractivity contribution >= 4 is 65.9 Å². The maximum atomic E-state index is 12.4. The SMILES string of the molecule is Cc1sc2ccccc2c1/C(C(=O)O)=C(/C(=O)O)c1c(C)sc2ccccc12. The summed E-state index contributed by atoms with van der Waals surface area (Å²) in [7, 11) is 0. The van der Waals surface area contributed by atoms with E-state index in [2.05, 4.69) is 0 Å². The monoisotopic (exact) mass is 408 g/mol. The second-order valence-electron chi connectivity index (χ2n) is 6.42. The molecular formula is C22H16O4S2. The first-order valence-electron chi connectivity index (χ1n) is 8.58. The maximum absolute atomic E-state index is 12.4. The van der Waals surface area contributed by atoms with Crippen molar-refractivity contribution in [1.82, 2.24) is 0 Å².